The minimum Gasteiger partial charge on any atom is -0.384 e. The van der Waals surface area contributed by atoms with Gasteiger partial charge in [-0.25, -0.2) is 14.3 Å². The van der Waals surface area contributed by atoms with Crippen LogP contribution in [0.3, 0.4) is 0 Å². The molecule has 5 aromatic rings. The summed E-state index contributed by atoms with van der Waals surface area (Å²) >= 11 is 0. The average molecular weight is 476 g/mol. The third-order valence-corrected chi connectivity index (χ3v) is 6.57. The second-order valence-electron chi connectivity index (χ2n) is 9.03. The van der Waals surface area contributed by atoms with Gasteiger partial charge in [-0.3, -0.25) is 0 Å². The Labute approximate surface area is 208 Å². The molecule has 3 heterocycles. The summed E-state index contributed by atoms with van der Waals surface area (Å²) in [5.74, 6) is 0.608. The van der Waals surface area contributed by atoms with E-state index in [0.717, 1.165) is 36.3 Å². The zero-order chi connectivity index (χ0) is 24.6. The van der Waals surface area contributed by atoms with E-state index in [-0.39, 0.29) is 11.5 Å². The van der Waals surface area contributed by atoms with Gasteiger partial charge in [0.25, 0.3) is 0 Å². The van der Waals surface area contributed by atoms with Crippen LogP contribution in [-0.4, -0.2) is 38.0 Å². The smallest absolute Gasteiger partial charge is 0.355 e. The molecular weight excluding hydrogens is 450 g/mol. The van der Waals surface area contributed by atoms with Crippen LogP contribution in [0.25, 0.3) is 27.8 Å². The number of aromatic nitrogens is 4. The Morgan fingerprint density at radius 1 is 0.944 bits per heavy atom. The van der Waals surface area contributed by atoms with Crippen molar-refractivity contribution < 1.29 is 0 Å². The molecule has 0 saturated carbocycles. The van der Waals surface area contributed by atoms with E-state index in [2.05, 4.69) is 44.3 Å². The molecule has 8 heteroatoms. The Balaban J connectivity index is 1.38. The molecule has 0 bridgehead atoms. The molecule has 0 fully saturated rings. The van der Waals surface area contributed by atoms with Crippen LogP contribution in [-0.2, 0) is 13.0 Å². The summed E-state index contributed by atoms with van der Waals surface area (Å²) in [5.41, 5.74) is 12.3. The van der Waals surface area contributed by atoms with Gasteiger partial charge >= 0.3 is 5.69 Å². The van der Waals surface area contributed by atoms with Crippen molar-refractivity contribution >= 4 is 28.5 Å². The standard InChI is InChI=1S/C28H25N7O/c1-34-14-13-18-11-12-21(15-20(18)17-34)31-27-30-16-23-25(29)35(28(36)33-26(23)32-27)24-10-6-5-9-22(24)19-7-3-2-4-8-19/h2-12,15-16H,13-14,17,29H2,1H3,(H,31,32,33,36). The summed E-state index contributed by atoms with van der Waals surface area (Å²) in [7, 11) is 2.12. The molecule has 178 valence electrons. The van der Waals surface area contributed by atoms with Gasteiger partial charge in [0.05, 0.1) is 11.1 Å². The highest BCUT2D eigenvalue weighted by Crippen LogP contribution is 2.29. The van der Waals surface area contributed by atoms with Crippen LogP contribution in [0.5, 0.6) is 0 Å². The molecule has 0 atom stereocenters. The molecule has 6 rings (SSSR count). The number of nitrogens with zero attached hydrogens (tertiary/aromatic N) is 5. The first-order valence-corrected chi connectivity index (χ1v) is 11.8. The Kier molecular flexibility index (Phi) is 5.42. The van der Waals surface area contributed by atoms with Crippen molar-refractivity contribution in [2.45, 2.75) is 13.0 Å². The van der Waals surface area contributed by atoms with E-state index in [1.165, 1.54) is 15.7 Å². The van der Waals surface area contributed by atoms with Crippen molar-refractivity contribution in [3.8, 4) is 16.8 Å². The SMILES string of the molecule is CN1CCc2ccc(Nc3ncc4c(N)n(-c5ccccc5-c5ccccc5)c(=O)nc4n3)cc2C1. The number of anilines is 3. The molecule has 0 radical (unpaired) electrons. The first-order valence-electron chi connectivity index (χ1n) is 11.8. The first kappa shape index (κ1) is 21.9. The van der Waals surface area contributed by atoms with Crippen molar-refractivity contribution in [2.24, 2.45) is 0 Å². The highest BCUT2D eigenvalue weighted by molar-refractivity contribution is 5.87. The van der Waals surface area contributed by atoms with E-state index in [9.17, 15) is 4.79 Å². The molecule has 2 aromatic heterocycles. The number of para-hydroxylation sites is 1. The molecule has 1 aliphatic heterocycles. The lowest BCUT2D eigenvalue weighted by Gasteiger charge is -2.25. The molecule has 0 unspecified atom stereocenters. The molecular formula is C28H25N7O. The molecule has 0 saturated heterocycles. The van der Waals surface area contributed by atoms with Crippen molar-refractivity contribution in [1.82, 2.24) is 24.4 Å². The van der Waals surface area contributed by atoms with Crippen molar-refractivity contribution in [3.63, 3.8) is 0 Å². The minimum atomic E-state index is -0.496. The van der Waals surface area contributed by atoms with Crippen LogP contribution in [0.15, 0.2) is 83.8 Å². The Bertz CT molecular complexity index is 1650. The molecule has 0 aliphatic carbocycles. The van der Waals surface area contributed by atoms with Crippen LogP contribution in [0, 0.1) is 0 Å². The quantitative estimate of drug-likeness (QED) is 0.402. The molecule has 1 aliphatic rings. The second kappa shape index (κ2) is 8.90. The summed E-state index contributed by atoms with van der Waals surface area (Å²) in [6.07, 6.45) is 2.65. The fraction of sp³-hybridized carbons (Fsp3) is 0.143. The van der Waals surface area contributed by atoms with Gasteiger partial charge in [0, 0.05) is 30.5 Å². The molecule has 8 nitrogen and oxygen atoms in total. The van der Waals surface area contributed by atoms with E-state index in [4.69, 9.17) is 5.73 Å². The van der Waals surface area contributed by atoms with Crippen LogP contribution in [0.2, 0.25) is 0 Å². The number of benzene rings is 3. The number of nitrogen functional groups attached to an aromatic ring is 1. The summed E-state index contributed by atoms with van der Waals surface area (Å²) in [5, 5.41) is 3.76. The van der Waals surface area contributed by atoms with Crippen LogP contribution < -0.4 is 16.7 Å². The van der Waals surface area contributed by atoms with Crippen molar-refractivity contribution in [3.05, 3.63) is 101 Å². The van der Waals surface area contributed by atoms with Gasteiger partial charge in [0.15, 0.2) is 5.65 Å². The molecule has 3 aromatic carbocycles. The van der Waals surface area contributed by atoms with Crippen LogP contribution >= 0.6 is 0 Å². The number of fused-ring (bicyclic) bond motifs is 2. The van der Waals surface area contributed by atoms with E-state index in [0.29, 0.717) is 17.0 Å². The van der Waals surface area contributed by atoms with Gasteiger partial charge in [-0.2, -0.15) is 9.97 Å². The predicted molar refractivity (Wildman–Crippen MR) is 143 cm³/mol. The zero-order valence-electron chi connectivity index (χ0n) is 19.8. The van der Waals surface area contributed by atoms with Crippen LogP contribution in [0.4, 0.5) is 17.5 Å². The highest BCUT2D eigenvalue weighted by atomic mass is 16.1. The Morgan fingerprint density at radius 3 is 2.61 bits per heavy atom. The summed E-state index contributed by atoms with van der Waals surface area (Å²) in [6, 6.07) is 23.8. The van der Waals surface area contributed by atoms with Crippen molar-refractivity contribution in [1.29, 1.82) is 0 Å². The molecule has 0 spiro atoms. The van der Waals surface area contributed by atoms with E-state index in [1.807, 2.05) is 60.7 Å². The highest BCUT2D eigenvalue weighted by Gasteiger charge is 2.17. The topological polar surface area (TPSA) is 102 Å². The summed E-state index contributed by atoms with van der Waals surface area (Å²) < 4.78 is 1.42. The zero-order valence-corrected chi connectivity index (χ0v) is 19.8. The van der Waals surface area contributed by atoms with Crippen molar-refractivity contribution in [2.75, 3.05) is 24.6 Å². The predicted octanol–water partition coefficient (Wildman–Crippen LogP) is 4.16. The number of nitrogens with two attached hydrogens (primary N) is 1. The van der Waals surface area contributed by atoms with E-state index < -0.39 is 5.69 Å². The largest absolute Gasteiger partial charge is 0.384 e. The third-order valence-electron chi connectivity index (χ3n) is 6.57. The van der Waals surface area contributed by atoms with Gasteiger partial charge in [0.2, 0.25) is 5.95 Å². The fourth-order valence-electron chi connectivity index (χ4n) is 4.73. The lowest BCUT2D eigenvalue weighted by atomic mass is 9.99. The normalized spacial score (nSPS) is 13.5. The Hall–Kier alpha value is -4.56. The number of rotatable bonds is 4. The summed E-state index contributed by atoms with van der Waals surface area (Å²) in [4.78, 5) is 28.7. The number of hydrogen-bond donors (Lipinski definition) is 2. The maximum atomic E-state index is 13.2. The molecule has 3 N–H and O–H groups in total. The van der Waals surface area contributed by atoms with E-state index in [1.54, 1.807) is 6.20 Å². The number of hydrogen-bond acceptors (Lipinski definition) is 7. The van der Waals surface area contributed by atoms with Gasteiger partial charge in [0.1, 0.15) is 5.82 Å². The van der Waals surface area contributed by atoms with Gasteiger partial charge in [-0.1, -0.05) is 54.6 Å². The third kappa shape index (κ3) is 3.97. The summed E-state index contributed by atoms with van der Waals surface area (Å²) in [6.45, 7) is 1.97. The fourth-order valence-corrected chi connectivity index (χ4v) is 4.73. The maximum absolute atomic E-state index is 13.2. The lowest BCUT2D eigenvalue weighted by molar-refractivity contribution is 0.313. The Morgan fingerprint density at radius 2 is 1.75 bits per heavy atom. The first-order chi connectivity index (χ1) is 17.6. The number of likely N-dealkylation sites (N-methyl/N-ethyl adjacent to an activating group) is 1. The maximum Gasteiger partial charge on any atom is 0.355 e. The number of nitrogens with one attached hydrogen (secondary N) is 1. The minimum absolute atomic E-state index is 0.247. The lowest BCUT2D eigenvalue weighted by Crippen LogP contribution is -2.26. The second-order valence-corrected chi connectivity index (χ2v) is 9.03. The van der Waals surface area contributed by atoms with Gasteiger partial charge in [-0.15, -0.1) is 0 Å². The monoisotopic (exact) mass is 475 g/mol. The van der Waals surface area contributed by atoms with Crippen LogP contribution in [0.1, 0.15) is 11.1 Å². The van der Waals surface area contributed by atoms with Gasteiger partial charge < -0.3 is 16.0 Å². The van der Waals surface area contributed by atoms with E-state index >= 15 is 0 Å². The molecule has 36 heavy (non-hydrogen) atoms. The molecule has 0 amide bonds. The van der Waals surface area contributed by atoms with Gasteiger partial charge in [-0.05, 0) is 48.4 Å². The average Bonchev–Trinajstić information content (AvgIpc) is 2.89.